The van der Waals surface area contributed by atoms with E-state index in [1.54, 1.807) is 18.5 Å². The van der Waals surface area contributed by atoms with Crippen LogP contribution in [0.2, 0.25) is 0 Å². The highest BCUT2D eigenvalue weighted by atomic mass is 15.2. The number of benzene rings is 1. The summed E-state index contributed by atoms with van der Waals surface area (Å²) in [5.41, 5.74) is 9.42. The molecule has 0 aliphatic carbocycles. The van der Waals surface area contributed by atoms with Gasteiger partial charge in [0.15, 0.2) is 11.5 Å². The topological polar surface area (TPSA) is 108 Å². The van der Waals surface area contributed by atoms with Crippen LogP contribution in [0.5, 0.6) is 0 Å². The Morgan fingerprint density at radius 3 is 2.67 bits per heavy atom. The lowest BCUT2D eigenvalue weighted by atomic mass is 10.1. The number of rotatable bonds is 9. The molecule has 0 unspecified atom stereocenters. The molecule has 1 aromatic carbocycles. The second-order valence-electron chi connectivity index (χ2n) is 9.08. The van der Waals surface area contributed by atoms with Crippen molar-refractivity contribution in [3.05, 3.63) is 116 Å². The van der Waals surface area contributed by atoms with Crippen LogP contribution in [0.3, 0.4) is 0 Å². The fourth-order valence-corrected chi connectivity index (χ4v) is 4.60. The van der Waals surface area contributed by atoms with Crippen molar-refractivity contribution in [2.45, 2.75) is 6.54 Å². The van der Waals surface area contributed by atoms with Crippen molar-refractivity contribution in [1.82, 2.24) is 40.4 Å². The predicted octanol–water partition coefficient (Wildman–Crippen LogP) is 6.01. The number of para-hydroxylation sites is 1. The van der Waals surface area contributed by atoms with Crippen LogP contribution >= 0.6 is 0 Å². The van der Waals surface area contributed by atoms with E-state index in [2.05, 4.69) is 66.8 Å². The third-order valence-corrected chi connectivity index (χ3v) is 6.53. The molecule has 8 heteroatoms. The molecule has 0 atom stereocenters. The molecule has 0 fully saturated rings. The Morgan fingerprint density at radius 1 is 0.949 bits per heavy atom. The van der Waals surface area contributed by atoms with Gasteiger partial charge in [-0.1, -0.05) is 43.5 Å². The highest BCUT2D eigenvalue weighted by molar-refractivity contribution is 5.97. The van der Waals surface area contributed by atoms with Gasteiger partial charge < -0.3 is 10.3 Å². The van der Waals surface area contributed by atoms with Gasteiger partial charge in [-0.25, -0.2) is 9.97 Å². The molecule has 0 aliphatic heterocycles. The SMILES string of the molecule is C=C/C=C(\C=C)CNCc1cncc(-c2cnc3n[nH]c(-c4nc5c(-c6ccncc6)cccc5[nH]4)c3c2)c1. The number of hydrogen-bond donors (Lipinski definition) is 3. The van der Waals surface area contributed by atoms with Gasteiger partial charge in [0, 0.05) is 60.8 Å². The first-order chi connectivity index (χ1) is 19.2. The summed E-state index contributed by atoms with van der Waals surface area (Å²) in [4.78, 5) is 21.6. The summed E-state index contributed by atoms with van der Waals surface area (Å²) in [5, 5.41) is 11.9. The molecule has 0 amide bonds. The second-order valence-corrected chi connectivity index (χ2v) is 9.08. The van der Waals surface area contributed by atoms with Gasteiger partial charge in [0.2, 0.25) is 0 Å². The minimum Gasteiger partial charge on any atom is -0.337 e. The number of pyridine rings is 3. The Kier molecular flexibility index (Phi) is 6.59. The summed E-state index contributed by atoms with van der Waals surface area (Å²) in [6.07, 6.45) is 14.6. The van der Waals surface area contributed by atoms with Crippen LogP contribution in [0.4, 0.5) is 0 Å². The molecule has 0 bridgehead atoms. The quantitative estimate of drug-likeness (QED) is 0.206. The van der Waals surface area contributed by atoms with Crippen molar-refractivity contribution in [2.24, 2.45) is 0 Å². The van der Waals surface area contributed by atoms with Crippen LogP contribution in [-0.2, 0) is 6.54 Å². The summed E-state index contributed by atoms with van der Waals surface area (Å²) in [6, 6.07) is 14.3. The van der Waals surface area contributed by atoms with E-state index in [0.717, 1.165) is 55.5 Å². The van der Waals surface area contributed by atoms with Crippen molar-refractivity contribution in [1.29, 1.82) is 0 Å². The number of hydrogen-bond acceptors (Lipinski definition) is 6. The van der Waals surface area contributed by atoms with Gasteiger partial charge in [0.25, 0.3) is 0 Å². The minimum absolute atomic E-state index is 0.625. The molecular formula is C31H26N8. The van der Waals surface area contributed by atoms with Crippen LogP contribution in [-0.4, -0.2) is 41.7 Å². The zero-order valence-corrected chi connectivity index (χ0v) is 21.2. The Balaban J connectivity index is 1.32. The Hall–Kier alpha value is -5.21. The lowest BCUT2D eigenvalue weighted by Crippen LogP contribution is -2.16. The van der Waals surface area contributed by atoms with Crippen molar-refractivity contribution >= 4 is 22.1 Å². The number of imidazole rings is 1. The van der Waals surface area contributed by atoms with Crippen LogP contribution in [0.25, 0.3) is 55.8 Å². The predicted molar refractivity (Wildman–Crippen MR) is 156 cm³/mol. The summed E-state index contributed by atoms with van der Waals surface area (Å²) in [7, 11) is 0. The smallest absolute Gasteiger partial charge is 0.181 e. The van der Waals surface area contributed by atoms with Crippen LogP contribution in [0, 0.1) is 0 Å². The Labute approximate surface area is 225 Å². The molecule has 39 heavy (non-hydrogen) atoms. The number of aromatic amines is 2. The molecule has 0 saturated heterocycles. The number of H-pyrrole nitrogens is 2. The van der Waals surface area contributed by atoms with Gasteiger partial charge in [0.05, 0.1) is 16.4 Å². The standard InChI is InChI=1S/C31H26N8/c1-3-6-20(4-2)15-33-16-21-13-23(18-34-17-21)24-14-26-29(38-39-30(26)35-19-24)31-36-27-8-5-7-25(28(27)37-31)22-9-11-32-12-10-22/h3-14,17-19,33H,1-2,15-16H2,(H,36,37)(H,35,38,39)/b20-6+. The van der Waals surface area contributed by atoms with Gasteiger partial charge in [0.1, 0.15) is 5.69 Å². The molecule has 6 rings (SSSR count). The zero-order valence-electron chi connectivity index (χ0n) is 21.2. The van der Waals surface area contributed by atoms with Gasteiger partial charge in [-0.15, -0.1) is 0 Å². The molecular weight excluding hydrogens is 484 g/mol. The minimum atomic E-state index is 0.625. The average Bonchev–Trinajstić information content (AvgIpc) is 3.61. The van der Waals surface area contributed by atoms with Crippen molar-refractivity contribution in [2.75, 3.05) is 6.54 Å². The first-order valence-corrected chi connectivity index (χ1v) is 12.6. The number of aromatic nitrogens is 7. The zero-order chi connectivity index (χ0) is 26.6. The maximum atomic E-state index is 4.95. The number of allylic oxidation sites excluding steroid dienone is 2. The van der Waals surface area contributed by atoms with Crippen LogP contribution < -0.4 is 5.32 Å². The van der Waals surface area contributed by atoms with Gasteiger partial charge in [-0.3, -0.25) is 15.1 Å². The molecule has 190 valence electrons. The second kappa shape index (κ2) is 10.6. The monoisotopic (exact) mass is 510 g/mol. The highest BCUT2D eigenvalue weighted by Gasteiger charge is 2.16. The van der Waals surface area contributed by atoms with Crippen LogP contribution in [0.15, 0.2) is 110 Å². The number of nitrogens with one attached hydrogen (secondary N) is 3. The Morgan fingerprint density at radius 2 is 1.82 bits per heavy atom. The van der Waals surface area contributed by atoms with Gasteiger partial charge >= 0.3 is 0 Å². The lowest BCUT2D eigenvalue weighted by molar-refractivity contribution is 0.745. The van der Waals surface area contributed by atoms with E-state index in [9.17, 15) is 0 Å². The first kappa shape index (κ1) is 24.1. The maximum Gasteiger partial charge on any atom is 0.181 e. The largest absolute Gasteiger partial charge is 0.337 e. The summed E-state index contributed by atoms with van der Waals surface area (Å²) in [5.74, 6) is 0.703. The molecule has 5 heterocycles. The molecule has 3 N–H and O–H groups in total. The fraction of sp³-hybridized carbons (Fsp3) is 0.0645. The third-order valence-electron chi connectivity index (χ3n) is 6.53. The number of fused-ring (bicyclic) bond motifs is 2. The summed E-state index contributed by atoms with van der Waals surface area (Å²) in [6.45, 7) is 8.97. The van der Waals surface area contributed by atoms with Crippen molar-refractivity contribution < 1.29 is 0 Å². The molecule has 6 aromatic rings. The van der Waals surface area contributed by atoms with E-state index < -0.39 is 0 Å². The van der Waals surface area contributed by atoms with E-state index in [1.165, 1.54) is 0 Å². The fourth-order valence-electron chi connectivity index (χ4n) is 4.60. The summed E-state index contributed by atoms with van der Waals surface area (Å²) < 4.78 is 0. The first-order valence-electron chi connectivity index (χ1n) is 12.6. The summed E-state index contributed by atoms with van der Waals surface area (Å²) >= 11 is 0. The maximum absolute atomic E-state index is 4.95. The van der Waals surface area contributed by atoms with Crippen molar-refractivity contribution in [3.8, 4) is 33.8 Å². The molecule has 8 nitrogen and oxygen atoms in total. The van der Waals surface area contributed by atoms with Gasteiger partial charge in [-0.05, 0) is 47.0 Å². The molecule has 5 aromatic heterocycles. The molecule has 0 spiro atoms. The van der Waals surface area contributed by atoms with Crippen LogP contribution in [0.1, 0.15) is 5.56 Å². The third kappa shape index (κ3) is 4.88. The average molecular weight is 511 g/mol. The number of nitrogens with zero attached hydrogens (tertiary/aromatic N) is 5. The molecule has 0 saturated carbocycles. The van der Waals surface area contributed by atoms with E-state index in [0.29, 0.717) is 24.6 Å². The van der Waals surface area contributed by atoms with E-state index in [1.807, 2.05) is 55.0 Å². The van der Waals surface area contributed by atoms with E-state index in [-0.39, 0.29) is 0 Å². The van der Waals surface area contributed by atoms with E-state index in [4.69, 9.17) is 4.98 Å². The van der Waals surface area contributed by atoms with Crippen molar-refractivity contribution in [3.63, 3.8) is 0 Å². The lowest BCUT2D eigenvalue weighted by Gasteiger charge is -2.07. The normalized spacial score (nSPS) is 11.7. The Bertz CT molecular complexity index is 1830. The van der Waals surface area contributed by atoms with Gasteiger partial charge in [-0.2, -0.15) is 5.10 Å². The molecule has 0 aliphatic rings. The molecule has 0 radical (unpaired) electrons. The van der Waals surface area contributed by atoms with E-state index >= 15 is 0 Å². The highest BCUT2D eigenvalue weighted by Crippen LogP contribution is 2.32.